The highest BCUT2D eigenvalue weighted by Crippen LogP contribution is 2.39. The molecule has 19 heavy (non-hydrogen) atoms. The molecule has 6 heteroatoms. The number of rotatable bonds is 2. The number of carbonyl (C=O) groups is 1. The number of carbonyl (C=O) groups excluding carboxylic acids is 1. The molecule has 2 aromatic rings. The van der Waals surface area contributed by atoms with E-state index in [4.69, 9.17) is 40.5 Å². The fraction of sp³-hybridized carbons (Fsp3) is 0. The number of nitrogens with one attached hydrogen (secondary N) is 1. The van der Waals surface area contributed by atoms with Gasteiger partial charge >= 0.3 is 6.03 Å². The maximum atomic E-state index is 11.0. The third-order valence-electron chi connectivity index (χ3n) is 2.49. The summed E-state index contributed by atoms with van der Waals surface area (Å²) in [7, 11) is 0. The largest absolute Gasteiger partial charge is 0.351 e. The predicted octanol–water partition coefficient (Wildman–Crippen LogP) is 4.80. The number of benzene rings is 2. The van der Waals surface area contributed by atoms with E-state index in [9.17, 15) is 4.79 Å². The molecule has 0 aromatic heterocycles. The van der Waals surface area contributed by atoms with Crippen LogP contribution < -0.4 is 11.1 Å². The van der Waals surface area contributed by atoms with Gasteiger partial charge in [-0.25, -0.2) is 4.79 Å². The zero-order chi connectivity index (χ0) is 14.0. The SMILES string of the molecule is NC(=O)Nc1ccc(Cl)c(Cl)c1-c1ccc(Cl)cc1. The van der Waals surface area contributed by atoms with Crippen molar-refractivity contribution in [1.82, 2.24) is 0 Å². The van der Waals surface area contributed by atoms with Gasteiger partial charge in [0, 0.05) is 10.6 Å². The first-order chi connectivity index (χ1) is 8.99. The monoisotopic (exact) mass is 314 g/mol. The number of urea groups is 1. The first-order valence-corrected chi connectivity index (χ1v) is 6.43. The average Bonchev–Trinajstić information content (AvgIpc) is 2.35. The lowest BCUT2D eigenvalue weighted by atomic mass is 10.0. The molecule has 0 atom stereocenters. The second-order valence-corrected chi connectivity index (χ2v) is 5.00. The van der Waals surface area contributed by atoms with Gasteiger partial charge in [0.25, 0.3) is 0 Å². The van der Waals surface area contributed by atoms with Crippen molar-refractivity contribution in [2.75, 3.05) is 5.32 Å². The molecule has 0 spiro atoms. The molecule has 0 bridgehead atoms. The van der Waals surface area contributed by atoms with Crippen molar-refractivity contribution in [2.45, 2.75) is 0 Å². The summed E-state index contributed by atoms with van der Waals surface area (Å²) in [5.41, 5.74) is 7.01. The van der Waals surface area contributed by atoms with E-state index in [1.807, 2.05) is 0 Å². The number of amides is 2. The van der Waals surface area contributed by atoms with Gasteiger partial charge < -0.3 is 11.1 Å². The topological polar surface area (TPSA) is 55.1 Å². The van der Waals surface area contributed by atoms with E-state index in [1.165, 1.54) is 0 Å². The summed E-state index contributed by atoms with van der Waals surface area (Å²) >= 11 is 18.0. The second-order valence-electron chi connectivity index (χ2n) is 3.78. The third kappa shape index (κ3) is 3.13. The van der Waals surface area contributed by atoms with Crippen molar-refractivity contribution < 1.29 is 4.79 Å². The smallest absolute Gasteiger partial charge is 0.316 e. The fourth-order valence-corrected chi connectivity index (χ4v) is 2.24. The lowest BCUT2D eigenvalue weighted by Crippen LogP contribution is -2.19. The van der Waals surface area contributed by atoms with Crippen LogP contribution in [0.15, 0.2) is 36.4 Å². The van der Waals surface area contributed by atoms with Crippen molar-refractivity contribution in [3.05, 3.63) is 51.5 Å². The Kier molecular flexibility index (Phi) is 4.20. The van der Waals surface area contributed by atoms with Crippen LogP contribution in [0, 0.1) is 0 Å². The normalized spacial score (nSPS) is 10.3. The first-order valence-electron chi connectivity index (χ1n) is 5.29. The van der Waals surface area contributed by atoms with Crippen LogP contribution in [-0.2, 0) is 0 Å². The van der Waals surface area contributed by atoms with Gasteiger partial charge in [-0.1, -0.05) is 46.9 Å². The molecule has 0 radical (unpaired) electrons. The molecule has 3 N–H and O–H groups in total. The number of anilines is 1. The Bertz CT molecular complexity index is 627. The van der Waals surface area contributed by atoms with Crippen molar-refractivity contribution >= 4 is 46.5 Å². The van der Waals surface area contributed by atoms with Gasteiger partial charge in [-0.05, 0) is 29.8 Å². The molecule has 2 aromatic carbocycles. The van der Waals surface area contributed by atoms with E-state index in [1.54, 1.807) is 36.4 Å². The second kappa shape index (κ2) is 5.70. The molecule has 0 heterocycles. The fourth-order valence-electron chi connectivity index (χ4n) is 1.69. The van der Waals surface area contributed by atoms with Gasteiger partial charge in [0.1, 0.15) is 0 Å². The molecule has 3 nitrogen and oxygen atoms in total. The van der Waals surface area contributed by atoms with Crippen LogP contribution in [-0.4, -0.2) is 6.03 Å². The number of primary amides is 1. The number of halogens is 3. The van der Waals surface area contributed by atoms with Gasteiger partial charge in [0.15, 0.2) is 0 Å². The number of nitrogens with two attached hydrogens (primary N) is 1. The van der Waals surface area contributed by atoms with Crippen LogP contribution in [0.25, 0.3) is 11.1 Å². The van der Waals surface area contributed by atoms with Gasteiger partial charge in [-0.3, -0.25) is 0 Å². The molecule has 2 rings (SSSR count). The van der Waals surface area contributed by atoms with Crippen LogP contribution >= 0.6 is 34.8 Å². The summed E-state index contributed by atoms with van der Waals surface area (Å²) in [4.78, 5) is 11.0. The molecule has 98 valence electrons. The molecule has 0 unspecified atom stereocenters. The minimum Gasteiger partial charge on any atom is -0.351 e. The molecule has 0 aliphatic carbocycles. The van der Waals surface area contributed by atoms with E-state index < -0.39 is 6.03 Å². The highest BCUT2D eigenvalue weighted by atomic mass is 35.5. The van der Waals surface area contributed by atoms with Gasteiger partial charge in [0.05, 0.1) is 15.7 Å². The van der Waals surface area contributed by atoms with Gasteiger partial charge in [0.2, 0.25) is 0 Å². The zero-order valence-electron chi connectivity index (χ0n) is 9.58. The third-order valence-corrected chi connectivity index (χ3v) is 3.54. The Labute approximate surface area is 125 Å². The summed E-state index contributed by atoms with van der Waals surface area (Å²) < 4.78 is 0. The van der Waals surface area contributed by atoms with E-state index in [-0.39, 0.29) is 0 Å². The Morgan fingerprint density at radius 1 is 1.00 bits per heavy atom. The maximum Gasteiger partial charge on any atom is 0.316 e. The maximum absolute atomic E-state index is 11.0. The summed E-state index contributed by atoms with van der Waals surface area (Å²) in [6.45, 7) is 0. The molecular formula is C13H9Cl3N2O. The molecule has 2 amide bonds. The van der Waals surface area contributed by atoms with Crippen molar-refractivity contribution in [1.29, 1.82) is 0 Å². The van der Waals surface area contributed by atoms with Gasteiger partial charge in [-0.2, -0.15) is 0 Å². The standard InChI is InChI=1S/C13H9Cl3N2O/c14-8-3-1-7(2-4-8)11-10(18-13(17)19)6-5-9(15)12(11)16/h1-6H,(H3,17,18,19). The zero-order valence-corrected chi connectivity index (χ0v) is 11.9. The molecule has 0 fully saturated rings. The minimum atomic E-state index is -0.673. The highest BCUT2D eigenvalue weighted by Gasteiger charge is 2.14. The Morgan fingerprint density at radius 2 is 1.63 bits per heavy atom. The Hall–Kier alpha value is -1.42. The molecule has 0 aliphatic heterocycles. The summed E-state index contributed by atoms with van der Waals surface area (Å²) in [5.74, 6) is 0. The summed E-state index contributed by atoms with van der Waals surface area (Å²) in [6, 6.07) is 9.58. The van der Waals surface area contributed by atoms with E-state index in [0.29, 0.717) is 26.3 Å². The van der Waals surface area contributed by atoms with E-state index >= 15 is 0 Å². The van der Waals surface area contributed by atoms with Crippen LogP contribution in [0.4, 0.5) is 10.5 Å². The Morgan fingerprint density at radius 3 is 2.21 bits per heavy atom. The quantitative estimate of drug-likeness (QED) is 0.821. The lowest BCUT2D eigenvalue weighted by Gasteiger charge is -2.13. The summed E-state index contributed by atoms with van der Waals surface area (Å²) in [5, 5.41) is 3.85. The molecular weight excluding hydrogens is 307 g/mol. The van der Waals surface area contributed by atoms with E-state index in [0.717, 1.165) is 5.56 Å². The van der Waals surface area contributed by atoms with E-state index in [2.05, 4.69) is 5.32 Å². The molecule has 0 aliphatic rings. The van der Waals surface area contributed by atoms with Crippen molar-refractivity contribution in [2.24, 2.45) is 5.73 Å². The average molecular weight is 316 g/mol. The Balaban J connectivity index is 2.61. The lowest BCUT2D eigenvalue weighted by molar-refractivity contribution is 0.259. The highest BCUT2D eigenvalue weighted by molar-refractivity contribution is 6.44. The number of hydrogen-bond donors (Lipinski definition) is 2. The first kappa shape index (κ1) is 14.0. The molecule has 0 saturated heterocycles. The van der Waals surface area contributed by atoms with Crippen LogP contribution in [0.2, 0.25) is 15.1 Å². The van der Waals surface area contributed by atoms with Gasteiger partial charge in [-0.15, -0.1) is 0 Å². The van der Waals surface area contributed by atoms with Crippen LogP contribution in [0.5, 0.6) is 0 Å². The molecule has 0 saturated carbocycles. The van der Waals surface area contributed by atoms with Crippen LogP contribution in [0.1, 0.15) is 0 Å². The van der Waals surface area contributed by atoms with Crippen molar-refractivity contribution in [3.63, 3.8) is 0 Å². The minimum absolute atomic E-state index is 0.343. The summed E-state index contributed by atoms with van der Waals surface area (Å²) in [6.07, 6.45) is 0. The van der Waals surface area contributed by atoms with Crippen LogP contribution in [0.3, 0.4) is 0 Å². The predicted molar refractivity (Wildman–Crippen MR) is 80.1 cm³/mol. The van der Waals surface area contributed by atoms with Crippen molar-refractivity contribution in [3.8, 4) is 11.1 Å². The number of hydrogen-bond acceptors (Lipinski definition) is 1.